The number of aliphatic hydroxyl groups is 1. The van der Waals surface area contributed by atoms with Crippen LogP contribution in [0.25, 0.3) is 0 Å². The van der Waals surface area contributed by atoms with Crippen molar-refractivity contribution in [3.8, 4) is 0 Å². The van der Waals surface area contributed by atoms with Crippen LogP contribution >= 0.6 is 0 Å². The Labute approximate surface area is 88.1 Å². The Bertz CT molecular complexity index is 324. The third-order valence-electron chi connectivity index (χ3n) is 2.08. The van der Waals surface area contributed by atoms with Crippen molar-refractivity contribution in [3.63, 3.8) is 0 Å². The molecule has 0 saturated carbocycles. The van der Waals surface area contributed by atoms with Crippen molar-refractivity contribution in [3.05, 3.63) is 18.0 Å². The molecule has 1 atom stereocenters. The van der Waals surface area contributed by atoms with Crippen molar-refractivity contribution in [2.75, 3.05) is 6.54 Å². The molecule has 6 heteroatoms. The SMILES string of the molecule is CCn1nccc1CNCC(O)C(N)=O. The Balaban J connectivity index is 2.34. The van der Waals surface area contributed by atoms with E-state index in [1.165, 1.54) is 0 Å². The molecule has 0 saturated heterocycles. The van der Waals surface area contributed by atoms with Gasteiger partial charge in [0.15, 0.2) is 0 Å². The number of hydrogen-bond acceptors (Lipinski definition) is 4. The van der Waals surface area contributed by atoms with Crippen molar-refractivity contribution in [1.82, 2.24) is 15.1 Å². The second kappa shape index (κ2) is 5.47. The van der Waals surface area contributed by atoms with Crippen molar-refractivity contribution in [2.45, 2.75) is 26.1 Å². The fourth-order valence-electron chi connectivity index (χ4n) is 1.23. The predicted octanol–water partition coefficient (Wildman–Crippen LogP) is -1.16. The van der Waals surface area contributed by atoms with Gasteiger partial charge in [-0.2, -0.15) is 5.10 Å². The number of nitrogens with one attached hydrogen (secondary N) is 1. The summed E-state index contributed by atoms with van der Waals surface area (Å²) >= 11 is 0. The Kier molecular flexibility index (Phi) is 4.26. The lowest BCUT2D eigenvalue weighted by molar-refractivity contribution is -0.125. The lowest BCUT2D eigenvalue weighted by atomic mass is 10.3. The Morgan fingerprint density at radius 1 is 1.80 bits per heavy atom. The molecule has 1 heterocycles. The fourth-order valence-corrected chi connectivity index (χ4v) is 1.23. The Morgan fingerprint density at radius 2 is 2.53 bits per heavy atom. The van der Waals surface area contributed by atoms with Crippen LogP contribution in [0.5, 0.6) is 0 Å². The largest absolute Gasteiger partial charge is 0.382 e. The number of carbonyl (C=O) groups excluding carboxylic acids is 1. The Morgan fingerprint density at radius 3 is 3.13 bits per heavy atom. The zero-order valence-electron chi connectivity index (χ0n) is 8.68. The number of primary amides is 1. The van der Waals surface area contributed by atoms with Crippen LogP contribution in [-0.2, 0) is 17.9 Å². The highest BCUT2D eigenvalue weighted by atomic mass is 16.3. The average molecular weight is 212 g/mol. The number of aromatic nitrogens is 2. The summed E-state index contributed by atoms with van der Waals surface area (Å²) in [6, 6.07) is 1.88. The molecular weight excluding hydrogens is 196 g/mol. The molecule has 84 valence electrons. The highest BCUT2D eigenvalue weighted by Crippen LogP contribution is 1.97. The van der Waals surface area contributed by atoms with E-state index >= 15 is 0 Å². The maximum absolute atomic E-state index is 10.5. The Hall–Kier alpha value is -1.40. The number of nitrogens with zero attached hydrogens (tertiary/aromatic N) is 2. The van der Waals surface area contributed by atoms with Gasteiger partial charge < -0.3 is 16.2 Å². The molecule has 0 radical (unpaired) electrons. The molecule has 6 nitrogen and oxygen atoms in total. The lowest BCUT2D eigenvalue weighted by Gasteiger charge is -2.09. The van der Waals surface area contributed by atoms with E-state index in [1.807, 2.05) is 17.7 Å². The van der Waals surface area contributed by atoms with Crippen LogP contribution in [0.4, 0.5) is 0 Å². The first kappa shape index (κ1) is 11.7. The van der Waals surface area contributed by atoms with Crippen molar-refractivity contribution in [2.24, 2.45) is 5.73 Å². The smallest absolute Gasteiger partial charge is 0.247 e. The second-order valence-corrected chi connectivity index (χ2v) is 3.19. The van der Waals surface area contributed by atoms with Gasteiger partial charge in [-0.15, -0.1) is 0 Å². The quantitative estimate of drug-likeness (QED) is 0.554. The number of hydrogen-bond donors (Lipinski definition) is 3. The molecule has 1 rings (SSSR count). The third-order valence-corrected chi connectivity index (χ3v) is 2.08. The summed E-state index contributed by atoms with van der Waals surface area (Å²) in [6.07, 6.45) is 0.577. The first-order valence-corrected chi connectivity index (χ1v) is 4.84. The predicted molar refractivity (Wildman–Crippen MR) is 54.8 cm³/mol. The average Bonchev–Trinajstić information content (AvgIpc) is 2.65. The van der Waals surface area contributed by atoms with Gasteiger partial charge in [-0.25, -0.2) is 0 Å². The van der Waals surface area contributed by atoms with Gasteiger partial charge in [0.05, 0.1) is 5.69 Å². The maximum Gasteiger partial charge on any atom is 0.247 e. The molecule has 0 aliphatic rings. The van der Waals surface area contributed by atoms with Gasteiger partial charge in [-0.3, -0.25) is 9.48 Å². The van der Waals surface area contributed by atoms with Crippen molar-refractivity contribution in [1.29, 1.82) is 0 Å². The van der Waals surface area contributed by atoms with E-state index < -0.39 is 12.0 Å². The lowest BCUT2D eigenvalue weighted by Crippen LogP contribution is -2.37. The minimum Gasteiger partial charge on any atom is -0.382 e. The van der Waals surface area contributed by atoms with Gasteiger partial charge in [-0.1, -0.05) is 0 Å². The van der Waals surface area contributed by atoms with Crippen LogP contribution < -0.4 is 11.1 Å². The molecular formula is C9H16N4O2. The number of nitrogens with two attached hydrogens (primary N) is 1. The van der Waals surface area contributed by atoms with Gasteiger partial charge in [0.2, 0.25) is 5.91 Å². The highest BCUT2D eigenvalue weighted by Gasteiger charge is 2.09. The molecule has 1 amide bonds. The number of aliphatic hydroxyl groups excluding tert-OH is 1. The normalized spacial score (nSPS) is 12.7. The molecule has 0 aliphatic carbocycles. The minimum absolute atomic E-state index is 0.157. The molecule has 0 bridgehead atoms. The van der Waals surface area contributed by atoms with Crippen LogP contribution in [0, 0.1) is 0 Å². The monoisotopic (exact) mass is 212 g/mol. The van der Waals surface area contributed by atoms with Gasteiger partial charge in [0.25, 0.3) is 0 Å². The van der Waals surface area contributed by atoms with Crippen LogP contribution in [0.1, 0.15) is 12.6 Å². The number of amides is 1. The van der Waals surface area contributed by atoms with E-state index in [0.29, 0.717) is 6.54 Å². The first-order valence-electron chi connectivity index (χ1n) is 4.84. The molecule has 15 heavy (non-hydrogen) atoms. The molecule has 0 spiro atoms. The molecule has 1 aromatic heterocycles. The van der Waals surface area contributed by atoms with E-state index in [4.69, 9.17) is 10.8 Å². The first-order chi connectivity index (χ1) is 7.15. The molecule has 0 fully saturated rings. The van der Waals surface area contributed by atoms with E-state index in [2.05, 4.69) is 10.4 Å². The molecule has 1 unspecified atom stereocenters. The summed E-state index contributed by atoms with van der Waals surface area (Å²) in [7, 11) is 0. The van der Waals surface area contributed by atoms with E-state index in [1.54, 1.807) is 6.20 Å². The van der Waals surface area contributed by atoms with Gasteiger partial charge >= 0.3 is 0 Å². The van der Waals surface area contributed by atoms with Gasteiger partial charge in [0.1, 0.15) is 6.10 Å². The highest BCUT2D eigenvalue weighted by molar-refractivity contribution is 5.78. The van der Waals surface area contributed by atoms with E-state index in [-0.39, 0.29) is 6.54 Å². The van der Waals surface area contributed by atoms with Crippen LogP contribution in [0.2, 0.25) is 0 Å². The fraction of sp³-hybridized carbons (Fsp3) is 0.556. The minimum atomic E-state index is -1.14. The summed E-state index contributed by atoms with van der Waals surface area (Å²) in [6.45, 7) is 3.50. The second-order valence-electron chi connectivity index (χ2n) is 3.19. The topological polar surface area (TPSA) is 93.2 Å². The maximum atomic E-state index is 10.5. The van der Waals surface area contributed by atoms with Crippen LogP contribution in [-0.4, -0.2) is 33.4 Å². The molecule has 4 N–H and O–H groups in total. The van der Waals surface area contributed by atoms with E-state index in [9.17, 15) is 4.79 Å². The van der Waals surface area contributed by atoms with Crippen molar-refractivity contribution >= 4 is 5.91 Å². The summed E-state index contributed by atoms with van der Waals surface area (Å²) in [5.74, 6) is -0.716. The zero-order valence-corrected chi connectivity index (χ0v) is 8.68. The standard InChI is InChI=1S/C9H16N4O2/c1-2-13-7(3-4-12-13)5-11-6-8(14)9(10)15/h3-4,8,11,14H,2,5-6H2,1H3,(H2,10,15). The zero-order chi connectivity index (χ0) is 11.3. The summed E-state index contributed by atoms with van der Waals surface area (Å²) < 4.78 is 1.84. The van der Waals surface area contributed by atoms with Crippen LogP contribution in [0.3, 0.4) is 0 Å². The third kappa shape index (κ3) is 3.34. The number of carbonyl (C=O) groups is 1. The van der Waals surface area contributed by atoms with E-state index in [0.717, 1.165) is 12.2 Å². The molecule has 0 aliphatic heterocycles. The molecule has 0 aromatic carbocycles. The number of aryl methyl sites for hydroxylation is 1. The summed E-state index contributed by atoms with van der Waals surface area (Å²) in [5.41, 5.74) is 5.91. The number of rotatable bonds is 6. The molecule has 1 aromatic rings. The summed E-state index contributed by atoms with van der Waals surface area (Å²) in [4.78, 5) is 10.5. The summed E-state index contributed by atoms with van der Waals surface area (Å²) in [5, 5.41) is 16.1. The van der Waals surface area contributed by atoms with Gasteiger partial charge in [-0.05, 0) is 13.0 Å². The van der Waals surface area contributed by atoms with Crippen molar-refractivity contribution < 1.29 is 9.90 Å². The van der Waals surface area contributed by atoms with Gasteiger partial charge in [0, 0.05) is 25.8 Å². The van der Waals surface area contributed by atoms with Crippen LogP contribution in [0.15, 0.2) is 12.3 Å².